The number of Topliss-reactive ketones (excluding diaryl/α,β-unsaturated/α-hetero) is 1. The van der Waals surface area contributed by atoms with Crippen LogP contribution < -0.4 is 20.5 Å². The first-order valence-corrected chi connectivity index (χ1v) is 9.68. The van der Waals surface area contributed by atoms with Crippen LogP contribution in [-0.2, 0) is 11.8 Å². The average Bonchev–Trinajstić information content (AvgIpc) is 2.69. The van der Waals surface area contributed by atoms with E-state index in [0.29, 0.717) is 41.1 Å². The number of benzene rings is 1. The van der Waals surface area contributed by atoms with Crippen molar-refractivity contribution < 1.29 is 14.6 Å². The van der Waals surface area contributed by atoms with E-state index in [0.717, 1.165) is 5.39 Å². The molecule has 0 saturated carbocycles. The Balaban J connectivity index is 1.65. The van der Waals surface area contributed by atoms with E-state index in [1.165, 1.54) is 17.7 Å². The highest BCUT2D eigenvalue weighted by Crippen LogP contribution is 2.28. The number of nitrogens with zero attached hydrogens (tertiary/aromatic N) is 4. The van der Waals surface area contributed by atoms with Gasteiger partial charge in [0.1, 0.15) is 11.6 Å². The first-order valence-electron chi connectivity index (χ1n) is 9.30. The third-order valence-corrected chi connectivity index (χ3v) is 5.04. The molecule has 2 N–H and O–H groups in total. The summed E-state index contributed by atoms with van der Waals surface area (Å²) in [6.45, 7) is 2.19. The second-order valence-electron chi connectivity index (χ2n) is 7.19. The Morgan fingerprint density at radius 3 is 2.83 bits per heavy atom. The zero-order chi connectivity index (χ0) is 21.4. The predicted octanol–water partition coefficient (Wildman–Crippen LogP) is 1.87. The number of aliphatic hydroxyl groups is 1. The van der Waals surface area contributed by atoms with Gasteiger partial charge >= 0.3 is 0 Å². The molecule has 10 heteroatoms. The molecule has 4 rings (SSSR count). The lowest BCUT2D eigenvalue weighted by Crippen LogP contribution is -2.51. The number of aryl methyl sites for hydroxylation is 1. The summed E-state index contributed by atoms with van der Waals surface area (Å²) in [5.41, 5.74) is 1.10. The number of hydrogen-bond acceptors (Lipinski definition) is 8. The quantitative estimate of drug-likeness (QED) is 0.611. The SMILES string of the molecule is CC(=O)COc1cc2cc(Nc3nc(N4CC(O)C4)ncc3Cl)ccc2n(C)c1=O. The van der Waals surface area contributed by atoms with E-state index >= 15 is 0 Å². The number of nitrogens with one attached hydrogen (secondary N) is 1. The molecule has 0 amide bonds. The van der Waals surface area contributed by atoms with Gasteiger partial charge < -0.3 is 24.6 Å². The van der Waals surface area contributed by atoms with E-state index in [9.17, 15) is 14.7 Å². The van der Waals surface area contributed by atoms with Crippen LogP contribution >= 0.6 is 11.6 Å². The fourth-order valence-corrected chi connectivity index (χ4v) is 3.31. The van der Waals surface area contributed by atoms with Gasteiger partial charge in [-0.3, -0.25) is 9.59 Å². The Morgan fingerprint density at radius 2 is 2.13 bits per heavy atom. The molecule has 1 aliphatic heterocycles. The first kappa shape index (κ1) is 20.1. The molecule has 9 nitrogen and oxygen atoms in total. The van der Waals surface area contributed by atoms with Crippen molar-refractivity contribution in [1.29, 1.82) is 0 Å². The van der Waals surface area contributed by atoms with Crippen molar-refractivity contribution in [2.45, 2.75) is 13.0 Å². The Kier molecular flexibility index (Phi) is 5.31. The van der Waals surface area contributed by atoms with E-state index in [-0.39, 0.29) is 29.8 Å². The van der Waals surface area contributed by atoms with Crippen molar-refractivity contribution >= 4 is 45.7 Å². The Bertz CT molecular complexity index is 1190. The van der Waals surface area contributed by atoms with Crippen LogP contribution in [0, 0.1) is 0 Å². The molecule has 1 saturated heterocycles. The summed E-state index contributed by atoms with van der Waals surface area (Å²) in [5, 5.41) is 13.7. The van der Waals surface area contributed by atoms with Crippen molar-refractivity contribution in [3.63, 3.8) is 0 Å². The van der Waals surface area contributed by atoms with E-state index in [1.54, 1.807) is 19.2 Å². The third-order valence-electron chi connectivity index (χ3n) is 4.76. The largest absolute Gasteiger partial charge is 0.480 e. The molecule has 1 aliphatic rings. The number of rotatable bonds is 6. The molecule has 1 fully saturated rings. The highest BCUT2D eigenvalue weighted by Gasteiger charge is 2.27. The minimum atomic E-state index is -0.368. The number of ketones is 1. The number of anilines is 3. The van der Waals surface area contributed by atoms with Crippen LogP contribution in [0.3, 0.4) is 0 Å². The minimum Gasteiger partial charge on any atom is -0.480 e. The number of aromatic nitrogens is 3. The maximum absolute atomic E-state index is 12.4. The van der Waals surface area contributed by atoms with E-state index in [2.05, 4.69) is 15.3 Å². The Labute approximate surface area is 176 Å². The molecule has 30 heavy (non-hydrogen) atoms. The third kappa shape index (κ3) is 3.94. The minimum absolute atomic E-state index is 0.107. The van der Waals surface area contributed by atoms with Gasteiger partial charge in [-0.05, 0) is 31.2 Å². The first-order chi connectivity index (χ1) is 14.3. The van der Waals surface area contributed by atoms with Crippen LogP contribution in [0.1, 0.15) is 6.92 Å². The van der Waals surface area contributed by atoms with Crippen molar-refractivity contribution in [3.05, 3.63) is 45.8 Å². The molecule has 0 aliphatic carbocycles. The Morgan fingerprint density at radius 1 is 1.37 bits per heavy atom. The van der Waals surface area contributed by atoms with Crippen molar-refractivity contribution in [2.75, 3.05) is 29.9 Å². The van der Waals surface area contributed by atoms with Gasteiger partial charge in [0.2, 0.25) is 5.95 Å². The summed E-state index contributed by atoms with van der Waals surface area (Å²) in [6, 6.07) is 7.06. The average molecular weight is 430 g/mol. The van der Waals surface area contributed by atoms with Gasteiger partial charge in [-0.25, -0.2) is 4.98 Å². The molecule has 3 aromatic rings. The standard InChI is InChI=1S/C20H20ClN5O4/c1-11(27)10-30-17-6-12-5-13(3-4-16(12)25(2)19(17)29)23-18-15(21)7-22-20(24-18)26-8-14(28)9-26/h3-7,14,28H,8-10H2,1-2H3,(H,22,23,24). The van der Waals surface area contributed by atoms with E-state index in [4.69, 9.17) is 16.3 Å². The summed E-state index contributed by atoms with van der Waals surface area (Å²) in [6.07, 6.45) is 1.14. The van der Waals surface area contributed by atoms with Gasteiger partial charge in [-0.1, -0.05) is 11.6 Å². The number of pyridine rings is 1. The molecule has 1 aromatic carbocycles. The molecule has 3 heterocycles. The maximum Gasteiger partial charge on any atom is 0.293 e. The molecule has 156 valence electrons. The van der Waals surface area contributed by atoms with Crippen LogP contribution in [0.2, 0.25) is 5.02 Å². The van der Waals surface area contributed by atoms with Crippen molar-refractivity contribution in [1.82, 2.24) is 14.5 Å². The highest BCUT2D eigenvalue weighted by molar-refractivity contribution is 6.32. The lowest BCUT2D eigenvalue weighted by Gasteiger charge is -2.35. The van der Waals surface area contributed by atoms with Crippen LogP contribution in [0.15, 0.2) is 35.3 Å². The number of hydrogen-bond donors (Lipinski definition) is 2. The molecule has 0 spiro atoms. The Hall–Kier alpha value is -3.17. The zero-order valence-corrected chi connectivity index (χ0v) is 17.2. The lowest BCUT2D eigenvalue weighted by atomic mass is 10.2. The smallest absolute Gasteiger partial charge is 0.293 e. The second-order valence-corrected chi connectivity index (χ2v) is 7.59. The molecule has 0 bridgehead atoms. The molecular formula is C20H20ClN5O4. The number of β-amino-alcohol motifs (C(OH)–C–C–N with tert-alkyl or cyclic N) is 1. The van der Waals surface area contributed by atoms with Gasteiger partial charge in [0.15, 0.2) is 17.4 Å². The monoisotopic (exact) mass is 429 g/mol. The number of carbonyl (C=O) groups is 1. The summed E-state index contributed by atoms with van der Waals surface area (Å²) in [4.78, 5) is 34.1. The summed E-state index contributed by atoms with van der Waals surface area (Å²) in [5.74, 6) is 0.850. The van der Waals surface area contributed by atoms with Crippen molar-refractivity contribution in [3.8, 4) is 5.75 Å². The lowest BCUT2D eigenvalue weighted by molar-refractivity contribution is -0.118. The number of halogens is 1. The summed E-state index contributed by atoms with van der Waals surface area (Å²) < 4.78 is 6.83. The zero-order valence-electron chi connectivity index (χ0n) is 16.4. The highest BCUT2D eigenvalue weighted by atomic mass is 35.5. The maximum atomic E-state index is 12.4. The van der Waals surface area contributed by atoms with Gasteiger partial charge in [-0.2, -0.15) is 4.98 Å². The molecule has 2 aromatic heterocycles. The topological polar surface area (TPSA) is 110 Å². The fraction of sp³-hybridized carbons (Fsp3) is 0.300. The summed E-state index contributed by atoms with van der Waals surface area (Å²) >= 11 is 6.25. The van der Waals surface area contributed by atoms with Crippen molar-refractivity contribution in [2.24, 2.45) is 7.05 Å². The fourth-order valence-electron chi connectivity index (χ4n) is 3.17. The number of ether oxygens (including phenoxy) is 1. The number of fused-ring (bicyclic) bond motifs is 1. The molecular weight excluding hydrogens is 410 g/mol. The predicted molar refractivity (Wildman–Crippen MR) is 114 cm³/mol. The summed E-state index contributed by atoms with van der Waals surface area (Å²) in [7, 11) is 1.65. The van der Waals surface area contributed by atoms with Crippen LogP contribution in [0.25, 0.3) is 10.9 Å². The number of aliphatic hydroxyl groups excluding tert-OH is 1. The van der Waals surface area contributed by atoms with Crippen LogP contribution in [0.4, 0.5) is 17.5 Å². The van der Waals surface area contributed by atoms with Gasteiger partial charge in [0, 0.05) is 31.2 Å². The van der Waals surface area contributed by atoms with Gasteiger partial charge in [0.05, 0.1) is 17.8 Å². The van der Waals surface area contributed by atoms with Gasteiger partial charge in [0.25, 0.3) is 5.56 Å². The molecule has 0 radical (unpaired) electrons. The van der Waals surface area contributed by atoms with E-state index < -0.39 is 0 Å². The van der Waals surface area contributed by atoms with Crippen LogP contribution in [0.5, 0.6) is 5.75 Å². The normalized spacial score (nSPS) is 13.9. The van der Waals surface area contributed by atoms with E-state index in [1.807, 2.05) is 17.0 Å². The second kappa shape index (κ2) is 7.92. The van der Waals surface area contributed by atoms with Gasteiger partial charge in [-0.15, -0.1) is 0 Å². The number of carbonyl (C=O) groups excluding carboxylic acids is 1. The van der Waals surface area contributed by atoms with Crippen LogP contribution in [-0.4, -0.2) is 51.2 Å². The molecule has 0 unspecified atom stereocenters. The molecule has 0 atom stereocenters.